The summed E-state index contributed by atoms with van der Waals surface area (Å²) in [5, 5.41) is 13.1. The first-order valence-electron chi connectivity index (χ1n) is 8.13. The second-order valence-electron chi connectivity index (χ2n) is 6.45. The Hall–Kier alpha value is -1.31. The third-order valence-corrected chi connectivity index (χ3v) is 5.08. The summed E-state index contributed by atoms with van der Waals surface area (Å²) in [6, 6.07) is -1.69. The van der Waals surface area contributed by atoms with Gasteiger partial charge in [-0.05, 0) is 25.2 Å². The van der Waals surface area contributed by atoms with Gasteiger partial charge in [0.2, 0.25) is 0 Å². The van der Waals surface area contributed by atoms with E-state index in [1.54, 1.807) is 0 Å². The summed E-state index contributed by atoms with van der Waals surface area (Å²) in [5.74, 6) is -0.257. The Morgan fingerprint density at radius 2 is 2.28 bits per heavy atom. The molecule has 0 saturated carbocycles. The molecule has 12 heteroatoms. The molecule has 0 aromatic carbocycles. The SMILES string of the molecule is O=C(NOC[C@H]1C[C@@H](CO)CN1)C1CCC2CN1C(=O)N2OS(=O)[O-]. The number of carbonyl (C=O) groups excluding carboxylic acids is 2. The van der Waals surface area contributed by atoms with Gasteiger partial charge in [0.05, 0.1) is 12.6 Å². The molecule has 3 unspecified atom stereocenters. The highest BCUT2D eigenvalue weighted by Gasteiger charge is 2.48. The van der Waals surface area contributed by atoms with E-state index in [0.717, 1.165) is 11.5 Å². The molecule has 0 radical (unpaired) electrons. The summed E-state index contributed by atoms with van der Waals surface area (Å²) < 4.78 is 25.8. The van der Waals surface area contributed by atoms with Crippen LogP contribution in [0.25, 0.3) is 0 Å². The summed E-state index contributed by atoms with van der Waals surface area (Å²) in [5.41, 5.74) is 2.35. The average molecular weight is 377 g/mol. The minimum atomic E-state index is -2.84. The zero-order chi connectivity index (χ0) is 18.0. The van der Waals surface area contributed by atoms with Crippen molar-refractivity contribution < 1.29 is 32.6 Å². The monoisotopic (exact) mass is 377 g/mol. The molecule has 5 atom stereocenters. The van der Waals surface area contributed by atoms with E-state index in [1.807, 2.05) is 0 Å². The van der Waals surface area contributed by atoms with E-state index < -0.39 is 29.3 Å². The lowest BCUT2D eigenvalue weighted by atomic mass is 10.0. The van der Waals surface area contributed by atoms with E-state index in [-0.39, 0.29) is 37.8 Å². The molecule has 3 amide bonds. The number of rotatable bonds is 7. The number of nitrogens with one attached hydrogen (secondary N) is 2. The third-order valence-electron chi connectivity index (χ3n) is 4.80. The zero-order valence-electron chi connectivity index (χ0n) is 13.5. The fraction of sp³-hybridized carbons (Fsp3) is 0.846. The molecule has 3 aliphatic heterocycles. The molecule has 25 heavy (non-hydrogen) atoms. The Kier molecular flexibility index (Phi) is 5.86. The van der Waals surface area contributed by atoms with Gasteiger partial charge in [-0.2, -0.15) is 9.35 Å². The lowest BCUT2D eigenvalue weighted by Crippen LogP contribution is -2.50. The number of hydrogen-bond donors (Lipinski definition) is 3. The van der Waals surface area contributed by atoms with Gasteiger partial charge in [-0.25, -0.2) is 14.5 Å². The Morgan fingerprint density at radius 1 is 1.48 bits per heavy atom. The topological polar surface area (TPSA) is 144 Å². The number of nitrogens with zero attached hydrogens (tertiary/aromatic N) is 2. The van der Waals surface area contributed by atoms with Gasteiger partial charge in [-0.15, -0.1) is 0 Å². The van der Waals surface area contributed by atoms with Crippen LogP contribution in [0.5, 0.6) is 0 Å². The fourth-order valence-corrected chi connectivity index (χ4v) is 3.83. The van der Waals surface area contributed by atoms with Crippen molar-refractivity contribution in [2.45, 2.75) is 37.4 Å². The number of piperidine rings is 1. The fourth-order valence-electron chi connectivity index (χ4n) is 3.52. The lowest BCUT2D eigenvalue weighted by molar-refractivity contribution is -0.139. The van der Waals surface area contributed by atoms with Crippen LogP contribution >= 0.6 is 0 Å². The Morgan fingerprint density at radius 3 is 2.96 bits per heavy atom. The molecular weight excluding hydrogens is 356 g/mol. The van der Waals surface area contributed by atoms with Gasteiger partial charge in [0.25, 0.3) is 5.91 Å². The maximum Gasteiger partial charge on any atom is 0.346 e. The first-order chi connectivity index (χ1) is 12.0. The molecule has 3 aliphatic rings. The van der Waals surface area contributed by atoms with Gasteiger partial charge >= 0.3 is 6.03 Å². The van der Waals surface area contributed by atoms with Crippen LogP contribution in [0, 0.1) is 5.92 Å². The van der Waals surface area contributed by atoms with Crippen molar-refractivity contribution in [1.29, 1.82) is 0 Å². The van der Waals surface area contributed by atoms with E-state index in [4.69, 9.17) is 9.94 Å². The average Bonchev–Trinajstić information content (AvgIpc) is 3.14. The molecule has 142 valence electrons. The maximum atomic E-state index is 12.3. The summed E-state index contributed by atoms with van der Waals surface area (Å²) in [6.07, 6.45) is 1.62. The number of urea groups is 1. The van der Waals surface area contributed by atoms with E-state index in [0.29, 0.717) is 19.4 Å². The molecule has 0 aromatic rings. The second-order valence-corrected chi connectivity index (χ2v) is 7.01. The maximum absolute atomic E-state index is 12.3. The van der Waals surface area contributed by atoms with Gasteiger partial charge in [0, 0.05) is 25.7 Å². The predicted octanol–water partition coefficient (Wildman–Crippen LogP) is -2.00. The number of hydroxylamine groups is 3. The zero-order valence-corrected chi connectivity index (χ0v) is 14.3. The van der Waals surface area contributed by atoms with Crippen molar-refractivity contribution >= 4 is 23.3 Å². The van der Waals surface area contributed by atoms with Gasteiger partial charge in [-0.1, -0.05) is 0 Å². The highest BCUT2D eigenvalue weighted by atomic mass is 32.2. The van der Waals surface area contributed by atoms with Crippen molar-refractivity contribution in [1.82, 2.24) is 20.8 Å². The Labute approximate surface area is 147 Å². The highest BCUT2D eigenvalue weighted by Crippen LogP contribution is 2.30. The van der Waals surface area contributed by atoms with Crippen molar-refractivity contribution in [3.63, 3.8) is 0 Å². The molecule has 3 rings (SSSR count). The van der Waals surface area contributed by atoms with Gasteiger partial charge in [0.15, 0.2) is 0 Å². The molecule has 3 fully saturated rings. The molecule has 0 aromatic heterocycles. The second kappa shape index (κ2) is 7.93. The molecule has 3 N–H and O–H groups in total. The van der Waals surface area contributed by atoms with E-state index in [2.05, 4.69) is 15.1 Å². The number of carbonyl (C=O) groups is 2. The first kappa shape index (κ1) is 18.5. The minimum Gasteiger partial charge on any atom is -0.748 e. The van der Waals surface area contributed by atoms with Gasteiger partial charge < -0.3 is 19.9 Å². The largest absolute Gasteiger partial charge is 0.748 e. The van der Waals surface area contributed by atoms with Crippen LogP contribution in [0.15, 0.2) is 0 Å². The van der Waals surface area contributed by atoms with Crippen LogP contribution in [0.3, 0.4) is 0 Å². The molecule has 3 heterocycles. The standard InChI is InChI=1S/C13H22N4O7S/c18-6-8-3-9(14-4-8)7-23-15-12(19)11-2-1-10-5-16(11)13(20)17(10)24-25(21)22/h8-11,14,18H,1-7H2,(H,15,19)(H,21,22)/p-1/t8-,9-,10?,11?/m1/s1. The smallest absolute Gasteiger partial charge is 0.346 e. The van der Waals surface area contributed by atoms with E-state index >= 15 is 0 Å². The van der Waals surface area contributed by atoms with Crippen LogP contribution in [0.1, 0.15) is 19.3 Å². The van der Waals surface area contributed by atoms with E-state index in [9.17, 15) is 18.4 Å². The molecule has 2 bridgehead atoms. The predicted molar refractivity (Wildman–Crippen MR) is 81.8 cm³/mol. The molecule has 0 spiro atoms. The number of amides is 3. The van der Waals surface area contributed by atoms with Crippen molar-refractivity contribution in [3.8, 4) is 0 Å². The number of fused-ring (bicyclic) bond motifs is 2. The summed E-state index contributed by atoms with van der Waals surface area (Å²) in [6.45, 7) is 1.32. The molecule has 11 nitrogen and oxygen atoms in total. The van der Waals surface area contributed by atoms with Gasteiger partial charge in [-0.3, -0.25) is 9.63 Å². The quantitative estimate of drug-likeness (QED) is 0.341. The van der Waals surface area contributed by atoms with E-state index in [1.165, 1.54) is 4.90 Å². The van der Waals surface area contributed by atoms with Crippen LogP contribution in [0.2, 0.25) is 0 Å². The Balaban J connectivity index is 1.47. The van der Waals surface area contributed by atoms with Crippen molar-refractivity contribution in [2.24, 2.45) is 5.92 Å². The number of hydrogen-bond acceptors (Lipinski definition) is 8. The summed E-state index contributed by atoms with van der Waals surface area (Å²) in [4.78, 5) is 31.0. The molecule has 3 saturated heterocycles. The minimum absolute atomic E-state index is 0.0533. The summed E-state index contributed by atoms with van der Waals surface area (Å²) in [7, 11) is 0. The van der Waals surface area contributed by atoms with Crippen molar-refractivity contribution in [3.05, 3.63) is 0 Å². The van der Waals surface area contributed by atoms with Crippen LogP contribution in [0.4, 0.5) is 4.79 Å². The lowest BCUT2D eigenvalue weighted by Gasteiger charge is -2.29. The molecule has 0 aliphatic carbocycles. The van der Waals surface area contributed by atoms with Crippen LogP contribution in [-0.4, -0.2) is 80.2 Å². The summed E-state index contributed by atoms with van der Waals surface area (Å²) >= 11 is -2.84. The molecular formula is C13H21N4O7S-. The van der Waals surface area contributed by atoms with Crippen molar-refractivity contribution in [2.75, 3.05) is 26.3 Å². The third kappa shape index (κ3) is 4.10. The van der Waals surface area contributed by atoms with Crippen LogP contribution in [-0.2, 0) is 25.3 Å². The normalized spacial score (nSPS) is 33.0. The Bertz CT molecular complexity index is 550. The first-order valence-corrected chi connectivity index (χ1v) is 9.13. The highest BCUT2D eigenvalue weighted by molar-refractivity contribution is 7.74. The number of aliphatic hydroxyl groups is 1. The van der Waals surface area contributed by atoms with Gasteiger partial charge in [0.1, 0.15) is 17.4 Å². The van der Waals surface area contributed by atoms with Crippen LogP contribution < -0.4 is 10.8 Å². The number of aliphatic hydroxyl groups excluding tert-OH is 1.